The molecule has 0 bridgehead atoms. The zero-order valence-electron chi connectivity index (χ0n) is 10.8. The third kappa shape index (κ3) is 3.53. The number of nitrogens with one attached hydrogen (secondary N) is 1. The fraction of sp³-hybridized carbons (Fsp3) is 0.500. The molecule has 0 saturated carbocycles. The fourth-order valence-corrected chi connectivity index (χ4v) is 2.43. The van der Waals surface area contributed by atoms with Gasteiger partial charge in [-0.25, -0.2) is 4.39 Å². The molecule has 2 rings (SSSR count). The second kappa shape index (κ2) is 6.46. The third-order valence-electron chi connectivity index (χ3n) is 3.32. The minimum absolute atomic E-state index is 0.0645. The molecule has 1 fully saturated rings. The van der Waals surface area contributed by atoms with Gasteiger partial charge in [-0.3, -0.25) is 4.79 Å². The zero-order chi connectivity index (χ0) is 13.8. The van der Waals surface area contributed by atoms with Gasteiger partial charge >= 0.3 is 0 Å². The summed E-state index contributed by atoms with van der Waals surface area (Å²) in [4.78, 5) is 12.2. The standard InChI is InChI=1S/C14H17ClFNO2/c1-2-17-13-8-19-7-10(13)14(18)6-9-3-4-11(15)12(16)5-9/h3-5,10,13,17H,2,6-8H2,1H3. The van der Waals surface area contributed by atoms with Gasteiger partial charge < -0.3 is 10.1 Å². The van der Waals surface area contributed by atoms with Crippen molar-refractivity contribution in [2.45, 2.75) is 19.4 Å². The molecule has 1 N–H and O–H groups in total. The average molecular weight is 286 g/mol. The highest BCUT2D eigenvalue weighted by molar-refractivity contribution is 6.30. The molecule has 2 unspecified atom stereocenters. The summed E-state index contributed by atoms with van der Waals surface area (Å²) < 4.78 is 18.7. The van der Waals surface area contributed by atoms with Gasteiger partial charge in [0.25, 0.3) is 0 Å². The van der Waals surface area contributed by atoms with Crippen molar-refractivity contribution < 1.29 is 13.9 Å². The van der Waals surface area contributed by atoms with Crippen LogP contribution in [-0.2, 0) is 16.0 Å². The molecule has 2 atom stereocenters. The predicted molar refractivity (Wildman–Crippen MR) is 71.9 cm³/mol. The SMILES string of the molecule is CCNC1COCC1C(=O)Cc1ccc(Cl)c(F)c1. The van der Waals surface area contributed by atoms with Crippen molar-refractivity contribution in [2.24, 2.45) is 5.92 Å². The number of likely N-dealkylation sites (N-methyl/N-ethyl adjacent to an activating group) is 1. The van der Waals surface area contributed by atoms with Crippen LogP contribution in [0.5, 0.6) is 0 Å². The summed E-state index contributed by atoms with van der Waals surface area (Å²) >= 11 is 5.62. The highest BCUT2D eigenvalue weighted by Crippen LogP contribution is 2.20. The summed E-state index contributed by atoms with van der Waals surface area (Å²) in [5.74, 6) is -0.568. The van der Waals surface area contributed by atoms with Crippen LogP contribution in [0.4, 0.5) is 4.39 Å². The van der Waals surface area contributed by atoms with Crippen molar-refractivity contribution in [3.63, 3.8) is 0 Å². The van der Waals surface area contributed by atoms with E-state index in [0.29, 0.717) is 18.8 Å². The number of halogens is 2. The van der Waals surface area contributed by atoms with Crippen LogP contribution in [-0.4, -0.2) is 31.6 Å². The molecule has 1 aromatic carbocycles. The van der Waals surface area contributed by atoms with E-state index in [4.69, 9.17) is 16.3 Å². The largest absolute Gasteiger partial charge is 0.379 e. The molecule has 0 spiro atoms. The van der Waals surface area contributed by atoms with E-state index >= 15 is 0 Å². The maximum absolute atomic E-state index is 13.3. The summed E-state index contributed by atoms with van der Waals surface area (Å²) in [7, 11) is 0. The Labute approximate surface area is 117 Å². The first-order valence-corrected chi connectivity index (χ1v) is 6.77. The third-order valence-corrected chi connectivity index (χ3v) is 3.63. The Kier molecular flexibility index (Phi) is 4.91. The molecule has 0 aromatic heterocycles. The van der Waals surface area contributed by atoms with Crippen LogP contribution < -0.4 is 5.32 Å². The van der Waals surface area contributed by atoms with Crippen LogP contribution in [0.2, 0.25) is 5.02 Å². The zero-order valence-corrected chi connectivity index (χ0v) is 11.5. The van der Waals surface area contributed by atoms with Gasteiger partial charge in [0.1, 0.15) is 11.6 Å². The monoisotopic (exact) mass is 285 g/mol. The number of rotatable bonds is 5. The molecule has 1 aromatic rings. The van der Waals surface area contributed by atoms with Crippen LogP contribution >= 0.6 is 11.6 Å². The van der Waals surface area contributed by atoms with E-state index in [0.717, 1.165) is 6.54 Å². The molecular formula is C14H17ClFNO2. The van der Waals surface area contributed by atoms with E-state index in [1.54, 1.807) is 6.07 Å². The lowest BCUT2D eigenvalue weighted by Crippen LogP contribution is -2.39. The highest BCUT2D eigenvalue weighted by atomic mass is 35.5. The molecule has 3 nitrogen and oxygen atoms in total. The van der Waals surface area contributed by atoms with Crippen molar-refractivity contribution in [1.29, 1.82) is 0 Å². The van der Waals surface area contributed by atoms with E-state index < -0.39 is 5.82 Å². The summed E-state index contributed by atoms with van der Waals surface area (Å²) in [6, 6.07) is 4.54. The normalized spacial score (nSPS) is 22.7. The van der Waals surface area contributed by atoms with E-state index in [1.807, 2.05) is 6.92 Å². The molecule has 0 radical (unpaired) electrons. The molecule has 1 saturated heterocycles. The summed E-state index contributed by atoms with van der Waals surface area (Å²) in [6.45, 7) is 3.79. The Morgan fingerprint density at radius 2 is 2.32 bits per heavy atom. The van der Waals surface area contributed by atoms with Crippen molar-refractivity contribution in [2.75, 3.05) is 19.8 Å². The number of carbonyl (C=O) groups excluding carboxylic acids is 1. The lowest BCUT2D eigenvalue weighted by Gasteiger charge is -2.17. The Hall–Kier alpha value is -0.970. The minimum atomic E-state index is -0.488. The molecule has 1 aliphatic heterocycles. The van der Waals surface area contributed by atoms with Crippen molar-refractivity contribution in [3.8, 4) is 0 Å². The van der Waals surface area contributed by atoms with Gasteiger partial charge in [-0.1, -0.05) is 24.6 Å². The maximum Gasteiger partial charge on any atom is 0.144 e. The topological polar surface area (TPSA) is 38.3 Å². The van der Waals surface area contributed by atoms with Crippen LogP contribution in [0.3, 0.4) is 0 Å². The maximum atomic E-state index is 13.3. The van der Waals surface area contributed by atoms with Gasteiger partial charge in [0.05, 0.1) is 24.2 Å². The van der Waals surface area contributed by atoms with Gasteiger partial charge in [-0.15, -0.1) is 0 Å². The number of hydrogen-bond donors (Lipinski definition) is 1. The van der Waals surface area contributed by atoms with Gasteiger partial charge in [0, 0.05) is 12.5 Å². The molecule has 5 heteroatoms. The molecule has 0 aliphatic carbocycles. The summed E-state index contributed by atoms with van der Waals surface area (Å²) in [5.41, 5.74) is 0.647. The molecule has 0 amide bonds. The summed E-state index contributed by atoms with van der Waals surface area (Å²) in [5, 5.41) is 3.32. The first-order valence-electron chi connectivity index (χ1n) is 6.39. The quantitative estimate of drug-likeness (QED) is 0.901. The Bertz CT molecular complexity index is 467. The molecular weight excluding hydrogens is 269 g/mol. The Balaban J connectivity index is 2.02. The molecule has 1 aliphatic rings. The Morgan fingerprint density at radius 1 is 1.53 bits per heavy atom. The molecule has 1 heterocycles. The number of benzene rings is 1. The summed E-state index contributed by atoms with van der Waals surface area (Å²) in [6.07, 6.45) is 0.212. The minimum Gasteiger partial charge on any atom is -0.379 e. The van der Waals surface area contributed by atoms with Crippen molar-refractivity contribution in [1.82, 2.24) is 5.32 Å². The number of hydrogen-bond acceptors (Lipinski definition) is 3. The number of Topliss-reactive ketones (excluding diaryl/α,β-unsaturated/α-hetero) is 1. The first kappa shape index (κ1) is 14.4. The van der Waals surface area contributed by atoms with Crippen LogP contribution in [0.25, 0.3) is 0 Å². The van der Waals surface area contributed by atoms with Gasteiger partial charge in [-0.2, -0.15) is 0 Å². The van der Waals surface area contributed by atoms with Crippen LogP contribution in [0, 0.1) is 11.7 Å². The van der Waals surface area contributed by atoms with Gasteiger partial charge in [0.2, 0.25) is 0 Å². The van der Waals surface area contributed by atoms with Gasteiger partial charge in [-0.05, 0) is 24.2 Å². The highest BCUT2D eigenvalue weighted by Gasteiger charge is 2.32. The number of ketones is 1. The predicted octanol–water partition coefficient (Wildman–Crippen LogP) is 2.22. The van der Waals surface area contributed by atoms with E-state index in [-0.39, 0.29) is 29.2 Å². The second-order valence-electron chi connectivity index (χ2n) is 4.70. The van der Waals surface area contributed by atoms with Crippen LogP contribution in [0.15, 0.2) is 18.2 Å². The van der Waals surface area contributed by atoms with E-state index in [1.165, 1.54) is 12.1 Å². The number of carbonyl (C=O) groups is 1. The van der Waals surface area contributed by atoms with Crippen molar-refractivity contribution in [3.05, 3.63) is 34.6 Å². The van der Waals surface area contributed by atoms with E-state index in [2.05, 4.69) is 5.32 Å². The van der Waals surface area contributed by atoms with Crippen LogP contribution in [0.1, 0.15) is 12.5 Å². The fourth-order valence-electron chi connectivity index (χ4n) is 2.32. The first-order chi connectivity index (χ1) is 9.11. The number of ether oxygens (including phenoxy) is 1. The van der Waals surface area contributed by atoms with Gasteiger partial charge in [0.15, 0.2) is 0 Å². The molecule has 19 heavy (non-hydrogen) atoms. The van der Waals surface area contributed by atoms with Crippen molar-refractivity contribution >= 4 is 17.4 Å². The molecule has 104 valence electrons. The smallest absolute Gasteiger partial charge is 0.144 e. The lowest BCUT2D eigenvalue weighted by molar-refractivity contribution is -0.122. The Morgan fingerprint density at radius 3 is 3.00 bits per heavy atom. The average Bonchev–Trinajstić information content (AvgIpc) is 2.83. The lowest BCUT2D eigenvalue weighted by atomic mass is 9.93. The van der Waals surface area contributed by atoms with E-state index in [9.17, 15) is 9.18 Å². The second-order valence-corrected chi connectivity index (χ2v) is 5.11.